The van der Waals surface area contributed by atoms with Gasteiger partial charge in [-0.05, 0) is 29.8 Å². The highest BCUT2D eigenvalue weighted by molar-refractivity contribution is 5.70. The zero-order valence-corrected chi connectivity index (χ0v) is 14.3. The lowest BCUT2D eigenvalue weighted by Crippen LogP contribution is -1.98. The number of imidazole rings is 1. The second kappa shape index (κ2) is 6.72. The van der Waals surface area contributed by atoms with Crippen LogP contribution in [0, 0.1) is 0 Å². The molecule has 0 unspecified atom stereocenters. The van der Waals surface area contributed by atoms with Gasteiger partial charge < -0.3 is 18.5 Å². The lowest BCUT2D eigenvalue weighted by Gasteiger charge is -2.10. The van der Waals surface area contributed by atoms with Gasteiger partial charge in [-0.2, -0.15) is 4.98 Å². The third-order valence-corrected chi connectivity index (χ3v) is 3.92. The molecule has 1 aromatic carbocycles. The summed E-state index contributed by atoms with van der Waals surface area (Å²) in [5, 5.41) is 0. The molecule has 0 saturated heterocycles. The minimum absolute atomic E-state index is 0.263. The van der Waals surface area contributed by atoms with Crippen LogP contribution in [0.25, 0.3) is 28.3 Å². The molecule has 4 rings (SSSR count). The fraction of sp³-hybridized carbons (Fsp3) is 0.105. The van der Waals surface area contributed by atoms with Crippen molar-refractivity contribution in [1.82, 2.24) is 19.5 Å². The molecule has 0 radical (unpaired) electrons. The Morgan fingerprint density at radius 3 is 2.73 bits per heavy atom. The third kappa shape index (κ3) is 2.90. The van der Waals surface area contributed by atoms with Gasteiger partial charge in [-0.1, -0.05) is 12.1 Å². The molecular formula is C19H16N4O3. The average molecular weight is 348 g/mol. The second-order valence-corrected chi connectivity index (χ2v) is 5.47. The molecule has 4 aromatic rings. The van der Waals surface area contributed by atoms with Crippen LogP contribution >= 0.6 is 0 Å². The molecule has 7 heteroatoms. The molecule has 0 amide bonds. The van der Waals surface area contributed by atoms with Gasteiger partial charge in [-0.25, -0.2) is 9.97 Å². The fourth-order valence-corrected chi connectivity index (χ4v) is 2.65. The summed E-state index contributed by atoms with van der Waals surface area (Å²) in [5.74, 6) is 1.18. The summed E-state index contributed by atoms with van der Waals surface area (Å²) in [6.45, 7) is 0. The number of rotatable bonds is 5. The van der Waals surface area contributed by atoms with E-state index in [0.29, 0.717) is 5.88 Å². The zero-order chi connectivity index (χ0) is 17.9. The molecule has 0 fully saturated rings. The summed E-state index contributed by atoms with van der Waals surface area (Å²) < 4.78 is 17.8. The van der Waals surface area contributed by atoms with Crippen LogP contribution in [0.1, 0.15) is 0 Å². The molecule has 3 heterocycles. The van der Waals surface area contributed by atoms with Gasteiger partial charge in [0.15, 0.2) is 5.76 Å². The van der Waals surface area contributed by atoms with E-state index in [0.717, 1.165) is 28.3 Å². The van der Waals surface area contributed by atoms with E-state index >= 15 is 0 Å². The van der Waals surface area contributed by atoms with Crippen LogP contribution in [-0.2, 0) is 0 Å². The summed E-state index contributed by atoms with van der Waals surface area (Å²) in [4.78, 5) is 12.8. The van der Waals surface area contributed by atoms with E-state index in [9.17, 15) is 0 Å². The van der Waals surface area contributed by atoms with Crippen LogP contribution in [0.15, 0.2) is 65.8 Å². The van der Waals surface area contributed by atoms with Crippen molar-refractivity contribution >= 4 is 0 Å². The van der Waals surface area contributed by atoms with Gasteiger partial charge in [-0.3, -0.25) is 0 Å². The maximum Gasteiger partial charge on any atom is 0.319 e. The van der Waals surface area contributed by atoms with Crippen LogP contribution in [-0.4, -0.2) is 33.7 Å². The average Bonchev–Trinajstić information content (AvgIpc) is 3.39. The first-order chi connectivity index (χ1) is 12.8. The Morgan fingerprint density at radius 1 is 1.04 bits per heavy atom. The molecule has 0 N–H and O–H groups in total. The van der Waals surface area contributed by atoms with E-state index in [4.69, 9.17) is 13.9 Å². The molecule has 26 heavy (non-hydrogen) atoms. The highest BCUT2D eigenvalue weighted by Gasteiger charge is 2.12. The number of furan rings is 1. The van der Waals surface area contributed by atoms with E-state index in [2.05, 4.69) is 15.0 Å². The van der Waals surface area contributed by atoms with Crippen LogP contribution in [0.3, 0.4) is 0 Å². The summed E-state index contributed by atoms with van der Waals surface area (Å²) in [6, 6.07) is 11.9. The monoisotopic (exact) mass is 348 g/mol. The SMILES string of the molecule is COc1ncc(-c2cccc(-n3cnc(-c4ccco4)c3)c2)c(OC)n1. The number of hydrogen-bond donors (Lipinski definition) is 0. The van der Waals surface area contributed by atoms with E-state index in [1.165, 1.54) is 7.11 Å². The van der Waals surface area contributed by atoms with Gasteiger partial charge in [-0.15, -0.1) is 0 Å². The molecule has 0 aliphatic heterocycles. The number of aromatic nitrogens is 4. The molecule has 0 saturated carbocycles. The highest BCUT2D eigenvalue weighted by Crippen LogP contribution is 2.30. The summed E-state index contributed by atoms with van der Waals surface area (Å²) in [6.07, 6.45) is 6.98. The van der Waals surface area contributed by atoms with Crippen LogP contribution in [0.4, 0.5) is 0 Å². The first kappa shape index (κ1) is 15.9. The van der Waals surface area contributed by atoms with Crippen molar-refractivity contribution in [3.63, 3.8) is 0 Å². The maximum absolute atomic E-state index is 5.39. The van der Waals surface area contributed by atoms with Crippen molar-refractivity contribution in [2.45, 2.75) is 0 Å². The zero-order valence-electron chi connectivity index (χ0n) is 14.3. The number of benzene rings is 1. The third-order valence-electron chi connectivity index (χ3n) is 3.92. The predicted octanol–water partition coefficient (Wildman–Crippen LogP) is 3.61. The summed E-state index contributed by atoms with van der Waals surface area (Å²) in [7, 11) is 3.09. The quantitative estimate of drug-likeness (QED) is 0.548. The minimum Gasteiger partial charge on any atom is -0.480 e. The van der Waals surface area contributed by atoms with Crippen molar-refractivity contribution < 1.29 is 13.9 Å². The Kier molecular flexibility index (Phi) is 4.10. The van der Waals surface area contributed by atoms with Gasteiger partial charge in [0.05, 0.1) is 26.0 Å². The number of hydrogen-bond acceptors (Lipinski definition) is 6. The molecule has 0 spiro atoms. The van der Waals surface area contributed by atoms with E-state index in [1.807, 2.05) is 47.2 Å². The topological polar surface area (TPSA) is 75.2 Å². The summed E-state index contributed by atoms with van der Waals surface area (Å²) in [5.41, 5.74) is 3.42. The van der Waals surface area contributed by atoms with Crippen LogP contribution in [0.2, 0.25) is 0 Å². The van der Waals surface area contributed by atoms with Crippen molar-refractivity contribution in [3.05, 3.63) is 61.4 Å². The van der Waals surface area contributed by atoms with E-state index in [1.54, 1.807) is 25.9 Å². The van der Waals surface area contributed by atoms with Crippen molar-refractivity contribution in [1.29, 1.82) is 0 Å². The normalized spacial score (nSPS) is 10.7. The van der Waals surface area contributed by atoms with Crippen LogP contribution in [0.5, 0.6) is 11.9 Å². The molecule has 0 aliphatic rings. The lowest BCUT2D eigenvalue weighted by molar-refractivity contribution is 0.353. The predicted molar refractivity (Wildman–Crippen MR) is 95.4 cm³/mol. The van der Waals surface area contributed by atoms with E-state index < -0.39 is 0 Å². The van der Waals surface area contributed by atoms with Gasteiger partial charge in [0, 0.05) is 18.1 Å². The van der Waals surface area contributed by atoms with E-state index in [-0.39, 0.29) is 6.01 Å². The molecular weight excluding hydrogens is 332 g/mol. The van der Waals surface area contributed by atoms with Gasteiger partial charge in [0.1, 0.15) is 12.0 Å². The Morgan fingerprint density at radius 2 is 1.96 bits per heavy atom. The molecule has 0 bridgehead atoms. The highest BCUT2D eigenvalue weighted by atomic mass is 16.5. The molecule has 0 aliphatic carbocycles. The number of ether oxygens (including phenoxy) is 2. The smallest absolute Gasteiger partial charge is 0.319 e. The number of nitrogens with zero attached hydrogens (tertiary/aromatic N) is 4. The Bertz CT molecular complexity index is 1020. The summed E-state index contributed by atoms with van der Waals surface area (Å²) >= 11 is 0. The fourth-order valence-electron chi connectivity index (χ4n) is 2.65. The van der Waals surface area contributed by atoms with Gasteiger partial charge in [0.2, 0.25) is 5.88 Å². The standard InChI is InChI=1S/C19H16N4O3/c1-24-18-15(10-20-19(22-18)25-2)13-5-3-6-14(9-13)23-11-16(21-12-23)17-7-4-8-26-17/h3-12H,1-2H3. The van der Waals surface area contributed by atoms with Crippen molar-refractivity contribution in [2.75, 3.05) is 14.2 Å². The molecule has 130 valence electrons. The van der Waals surface area contributed by atoms with Crippen LogP contribution < -0.4 is 9.47 Å². The van der Waals surface area contributed by atoms with Crippen molar-refractivity contribution in [2.24, 2.45) is 0 Å². The minimum atomic E-state index is 0.263. The molecule has 3 aromatic heterocycles. The Labute approximate surface area is 149 Å². The first-order valence-electron chi connectivity index (χ1n) is 7.92. The first-order valence-corrected chi connectivity index (χ1v) is 7.92. The van der Waals surface area contributed by atoms with Gasteiger partial charge >= 0.3 is 6.01 Å². The Balaban J connectivity index is 1.72. The largest absolute Gasteiger partial charge is 0.480 e. The number of methoxy groups -OCH3 is 2. The Hall–Kier alpha value is -3.61. The van der Waals surface area contributed by atoms with Crippen molar-refractivity contribution in [3.8, 4) is 40.2 Å². The lowest BCUT2D eigenvalue weighted by atomic mass is 10.1. The molecule has 0 atom stereocenters. The second-order valence-electron chi connectivity index (χ2n) is 5.47. The maximum atomic E-state index is 5.39. The van der Waals surface area contributed by atoms with Gasteiger partial charge in [0.25, 0.3) is 0 Å². The molecule has 7 nitrogen and oxygen atoms in total.